The lowest BCUT2D eigenvalue weighted by Gasteiger charge is -2.15. The summed E-state index contributed by atoms with van der Waals surface area (Å²) < 4.78 is 27.5. The number of rotatable bonds is 3. The van der Waals surface area contributed by atoms with Crippen molar-refractivity contribution in [2.45, 2.75) is 20.8 Å². The molecule has 0 amide bonds. The van der Waals surface area contributed by atoms with Crippen LogP contribution in [0, 0.1) is 18.6 Å². The second-order valence-corrected chi connectivity index (χ2v) is 5.97. The van der Waals surface area contributed by atoms with E-state index in [1.165, 1.54) is 6.07 Å². The molecule has 22 heavy (non-hydrogen) atoms. The van der Waals surface area contributed by atoms with Crippen LogP contribution in [0.3, 0.4) is 0 Å². The Morgan fingerprint density at radius 3 is 2.45 bits per heavy atom. The van der Waals surface area contributed by atoms with Crippen molar-refractivity contribution in [3.8, 4) is 0 Å². The highest BCUT2D eigenvalue weighted by atomic mass is 35.5. The van der Waals surface area contributed by atoms with Crippen LogP contribution in [-0.2, 0) is 0 Å². The molecule has 1 aromatic heterocycles. The predicted molar refractivity (Wildman–Crippen MR) is 92.3 cm³/mol. The number of pyridine rings is 1. The molecule has 2 rings (SSSR count). The van der Waals surface area contributed by atoms with E-state index in [1.54, 1.807) is 18.7 Å². The summed E-state index contributed by atoms with van der Waals surface area (Å²) in [6.07, 6.45) is 5.88. The lowest BCUT2D eigenvalue weighted by atomic mass is 10.0. The van der Waals surface area contributed by atoms with E-state index in [2.05, 4.69) is 4.98 Å². The van der Waals surface area contributed by atoms with Gasteiger partial charge < -0.3 is 0 Å². The Labute approximate surface area is 138 Å². The fourth-order valence-electron chi connectivity index (χ4n) is 2.40. The third-order valence-electron chi connectivity index (χ3n) is 3.46. The van der Waals surface area contributed by atoms with Crippen LogP contribution in [0.1, 0.15) is 25.1 Å². The first-order valence-corrected chi connectivity index (χ1v) is 8.37. The number of benzene rings is 1. The molecule has 0 unspecified atom stereocenters. The van der Waals surface area contributed by atoms with Crippen molar-refractivity contribution < 1.29 is 8.78 Å². The van der Waals surface area contributed by atoms with E-state index >= 15 is 0 Å². The highest BCUT2D eigenvalue weighted by Gasteiger charge is 2.18. The molecule has 5 heteroatoms. The third-order valence-corrected chi connectivity index (χ3v) is 4.83. The number of hydrogen-bond acceptors (Lipinski definition) is 2. The largest absolute Gasteiger partial charge is 0.247 e. The van der Waals surface area contributed by atoms with E-state index in [9.17, 15) is 8.78 Å². The molecule has 0 bridgehead atoms. The van der Waals surface area contributed by atoms with Gasteiger partial charge in [-0.2, -0.15) is 0 Å². The molecule has 0 fully saturated rings. The number of hydrogen-bond donors (Lipinski definition) is 0. The average molecular weight is 340 g/mol. The SMILES string of the molecule is CC=C(SC)C(=CC)c1nc2cc(F)cc(F)c2c(Cl)c1C. The van der Waals surface area contributed by atoms with E-state index in [4.69, 9.17) is 11.6 Å². The van der Waals surface area contributed by atoms with Crippen molar-refractivity contribution in [3.05, 3.63) is 57.1 Å². The van der Waals surface area contributed by atoms with Gasteiger partial charge in [-0.05, 0) is 32.6 Å². The van der Waals surface area contributed by atoms with E-state index in [0.717, 1.165) is 16.5 Å². The first-order valence-electron chi connectivity index (χ1n) is 6.76. The Hall–Kier alpha value is -1.39. The summed E-state index contributed by atoms with van der Waals surface area (Å²) in [6.45, 7) is 5.64. The quantitative estimate of drug-likeness (QED) is 0.622. The zero-order chi connectivity index (χ0) is 16.4. The van der Waals surface area contributed by atoms with Crippen molar-refractivity contribution in [3.63, 3.8) is 0 Å². The molecule has 1 aromatic carbocycles. The van der Waals surface area contributed by atoms with Gasteiger partial charge in [-0.3, -0.25) is 0 Å². The second kappa shape index (κ2) is 6.80. The minimum atomic E-state index is -0.694. The Morgan fingerprint density at radius 2 is 1.91 bits per heavy atom. The van der Waals surface area contributed by atoms with Gasteiger partial charge in [0.2, 0.25) is 0 Å². The second-order valence-electron chi connectivity index (χ2n) is 4.74. The Kier molecular flexibility index (Phi) is 5.24. The van der Waals surface area contributed by atoms with Gasteiger partial charge in [0.1, 0.15) is 11.6 Å². The molecular weight excluding hydrogens is 324 g/mol. The molecule has 0 spiro atoms. The van der Waals surface area contributed by atoms with Crippen molar-refractivity contribution in [2.24, 2.45) is 0 Å². The summed E-state index contributed by atoms with van der Waals surface area (Å²) in [6, 6.07) is 2.03. The van der Waals surface area contributed by atoms with Gasteiger partial charge in [-0.25, -0.2) is 13.8 Å². The van der Waals surface area contributed by atoms with Crippen molar-refractivity contribution in [1.29, 1.82) is 0 Å². The number of thioether (sulfide) groups is 1. The summed E-state index contributed by atoms with van der Waals surface area (Å²) >= 11 is 7.91. The van der Waals surface area contributed by atoms with Gasteiger partial charge in [0.15, 0.2) is 0 Å². The highest BCUT2D eigenvalue weighted by Crippen LogP contribution is 2.37. The number of halogens is 3. The molecule has 1 heterocycles. The molecule has 2 aromatic rings. The topological polar surface area (TPSA) is 12.9 Å². The van der Waals surface area contributed by atoms with Crippen molar-refractivity contribution in [1.82, 2.24) is 4.98 Å². The molecule has 0 aliphatic rings. The Bertz CT molecular complexity index is 797. The number of allylic oxidation sites excluding steroid dienone is 3. The standard InChI is InChI=1S/C17H16ClF2NS/c1-5-11(14(6-2)22-4)17-9(3)16(18)15-12(20)7-10(19)8-13(15)21-17/h5-8H,1-4H3. The predicted octanol–water partition coefficient (Wildman–Crippen LogP) is 6.14. The highest BCUT2D eigenvalue weighted by molar-refractivity contribution is 8.03. The number of fused-ring (bicyclic) bond motifs is 1. The minimum Gasteiger partial charge on any atom is -0.247 e. The Morgan fingerprint density at radius 1 is 1.23 bits per heavy atom. The van der Waals surface area contributed by atoms with Gasteiger partial charge >= 0.3 is 0 Å². The van der Waals surface area contributed by atoms with Gasteiger partial charge in [0.05, 0.1) is 21.6 Å². The monoisotopic (exact) mass is 339 g/mol. The minimum absolute atomic E-state index is 0.158. The number of nitrogens with zero attached hydrogens (tertiary/aromatic N) is 1. The zero-order valence-electron chi connectivity index (χ0n) is 12.8. The average Bonchev–Trinajstić information content (AvgIpc) is 2.48. The molecule has 0 radical (unpaired) electrons. The van der Waals surface area contributed by atoms with Crippen LogP contribution in [-0.4, -0.2) is 11.2 Å². The van der Waals surface area contributed by atoms with Crippen LogP contribution in [0.2, 0.25) is 5.02 Å². The molecule has 0 saturated heterocycles. The van der Waals surface area contributed by atoms with E-state index < -0.39 is 11.6 Å². The van der Waals surface area contributed by atoms with Gasteiger partial charge in [0, 0.05) is 22.6 Å². The lowest BCUT2D eigenvalue weighted by Crippen LogP contribution is -1.99. The molecule has 1 nitrogen and oxygen atoms in total. The first-order chi connectivity index (χ1) is 10.4. The van der Waals surface area contributed by atoms with E-state index in [1.807, 2.05) is 32.3 Å². The summed E-state index contributed by atoms with van der Waals surface area (Å²) in [4.78, 5) is 5.49. The lowest BCUT2D eigenvalue weighted by molar-refractivity contribution is 0.591. The van der Waals surface area contributed by atoms with Crippen LogP contribution in [0.25, 0.3) is 16.5 Å². The maximum absolute atomic E-state index is 14.0. The number of aromatic nitrogens is 1. The van der Waals surface area contributed by atoms with Gasteiger partial charge in [-0.1, -0.05) is 23.8 Å². The zero-order valence-corrected chi connectivity index (χ0v) is 14.4. The van der Waals surface area contributed by atoms with Crippen LogP contribution >= 0.6 is 23.4 Å². The smallest absolute Gasteiger partial charge is 0.137 e. The maximum atomic E-state index is 14.0. The molecule has 0 saturated carbocycles. The molecule has 0 atom stereocenters. The van der Waals surface area contributed by atoms with Crippen LogP contribution in [0.15, 0.2) is 29.2 Å². The van der Waals surface area contributed by atoms with E-state index in [-0.39, 0.29) is 15.9 Å². The van der Waals surface area contributed by atoms with E-state index in [0.29, 0.717) is 11.3 Å². The first kappa shape index (κ1) is 17.0. The fraction of sp³-hybridized carbons (Fsp3) is 0.235. The maximum Gasteiger partial charge on any atom is 0.137 e. The summed E-state index contributed by atoms with van der Waals surface area (Å²) in [5.74, 6) is -1.36. The van der Waals surface area contributed by atoms with Crippen molar-refractivity contribution >= 4 is 39.8 Å². The summed E-state index contributed by atoms with van der Waals surface area (Å²) in [7, 11) is 0. The Balaban J connectivity index is 2.84. The van der Waals surface area contributed by atoms with Gasteiger partial charge in [0.25, 0.3) is 0 Å². The normalized spacial score (nSPS) is 13.0. The van der Waals surface area contributed by atoms with Crippen LogP contribution in [0.5, 0.6) is 0 Å². The third kappa shape index (κ3) is 2.90. The molecule has 0 N–H and O–H groups in total. The molecular formula is C17H16ClF2NS. The summed E-state index contributed by atoms with van der Waals surface area (Å²) in [5.41, 5.74) is 2.45. The fourth-order valence-corrected chi connectivity index (χ4v) is 3.35. The van der Waals surface area contributed by atoms with Crippen LogP contribution in [0.4, 0.5) is 8.78 Å². The van der Waals surface area contributed by atoms with Crippen LogP contribution < -0.4 is 0 Å². The molecule has 0 aliphatic heterocycles. The van der Waals surface area contributed by atoms with Crippen molar-refractivity contribution in [2.75, 3.05) is 6.26 Å². The summed E-state index contributed by atoms with van der Waals surface area (Å²) in [5, 5.41) is 0.430. The van der Waals surface area contributed by atoms with Gasteiger partial charge in [-0.15, -0.1) is 11.8 Å². The molecule has 0 aliphatic carbocycles. The molecule has 116 valence electrons.